The molecule has 0 rings (SSSR count). The first-order valence-electron chi connectivity index (χ1n) is 18.8. The number of hydrogen-bond donors (Lipinski definition) is 1. The van der Waals surface area contributed by atoms with E-state index in [0.717, 1.165) is 25.7 Å². The Hall–Kier alpha value is -1.12. The average molecular weight is 586 g/mol. The van der Waals surface area contributed by atoms with Crippen LogP contribution in [0.2, 0.25) is 0 Å². The molecule has 0 saturated heterocycles. The number of unbranched alkanes of at least 4 members (excludes halogenated alkanes) is 19. The quantitative estimate of drug-likeness (QED) is 0.0599. The zero-order chi connectivity index (χ0) is 30.4. The Balaban J connectivity index is 3.69. The summed E-state index contributed by atoms with van der Waals surface area (Å²) in [6.45, 7) is 8.54. The molecule has 0 heterocycles. The molecule has 1 N–H and O–H groups in total. The second-order valence-electron chi connectivity index (χ2n) is 12.4. The van der Waals surface area contributed by atoms with Gasteiger partial charge in [-0.15, -0.1) is 0 Å². The van der Waals surface area contributed by atoms with Crippen molar-refractivity contribution in [2.24, 2.45) is 0 Å². The van der Waals surface area contributed by atoms with Gasteiger partial charge in [0.1, 0.15) is 0 Å². The number of aliphatic hydroxyl groups is 1. The zero-order valence-corrected chi connectivity index (χ0v) is 28.7. The molecular formula is C40H75NO. The summed E-state index contributed by atoms with van der Waals surface area (Å²) in [5.74, 6) is 0. The van der Waals surface area contributed by atoms with Gasteiger partial charge in [-0.1, -0.05) is 140 Å². The van der Waals surface area contributed by atoms with Crippen molar-refractivity contribution in [1.29, 1.82) is 0 Å². The smallest absolute Gasteiger partial charge is 0.0431 e. The van der Waals surface area contributed by atoms with Gasteiger partial charge < -0.3 is 10.0 Å². The summed E-state index contributed by atoms with van der Waals surface area (Å²) in [6.07, 6.45) is 52.6. The second kappa shape index (κ2) is 37.9. The first-order valence-corrected chi connectivity index (χ1v) is 18.8. The molecule has 0 bridgehead atoms. The van der Waals surface area contributed by atoms with Crippen molar-refractivity contribution < 1.29 is 5.11 Å². The largest absolute Gasteiger partial charge is 0.396 e. The molecule has 0 atom stereocenters. The maximum Gasteiger partial charge on any atom is 0.0431 e. The van der Waals surface area contributed by atoms with Crippen molar-refractivity contribution in [2.45, 2.75) is 181 Å². The summed E-state index contributed by atoms with van der Waals surface area (Å²) in [7, 11) is 0. The second-order valence-corrected chi connectivity index (χ2v) is 12.4. The van der Waals surface area contributed by atoms with Gasteiger partial charge in [0, 0.05) is 6.61 Å². The lowest BCUT2D eigenvalue weighted by Gasteiger charge is -2.22. The third-order valence-electron chi connectivity index (χ3n) is 8.23. The highest BCUT2D eigenvalue weighted by atomic mass is 16.2. The van der Waals surface area contributed by atoms with Crippen LogP contribution in [-0.4, -0.2) is 36.2 Å². The van der Waals surface area contributed by atoms with E-state index in [4.69, 9.17) is 0 Å². The van der Waals surface area contributed by atoms with Gasteiger partial charge in [-0.25, -0.2) is 0 Å². The minimum atomic E-state index is 0.337. The van der Waals surface area contributed by atoms with Gasteiger partial charge in [0.25, 0.3) is 0 Å². The number of allylic oxidation sites excluding steroid dienone is 8. The monoisotopic (exact) mass is 586 g/mol. The lowest BCUT2D eigenvalue weighted by molar-refractivity contribution is 0.234. The minimum Gasteiger partial charge on any atom is -0.396 e. The van der Waals surface area contributed by atoms with E-state index in [0.29, 0.717) is 6.61 Å². The lowest BCUT2D eigenvalue weighted by atomic mass is 10.1. The van der Waals surface area contributed by atoms with Crippen LogP contribution in [0.4, 0.5) is 0 Å². The molecule has 0 aliphatic carbocycles. The summed E-state index contributed by atoms with van der Waals surface area (Å²) in [5, 5.41) is 9.20. The van der Waals surface area contributed by atoms with Crippen LogP contribution in [0.15, 0.2) is 48.6 Å². The predicted molar refractivity (Wildman–Crippen MR) is 191 cm³/mol. The molecule has 2 nitrogen and oxygen atoms in total. The SMILES string of the molecule is CCCCC/C=C\C/C=C\CCCCCCCCN(CCCCO)CCCCCCCC/C=C\C/C=C\CCCCC. The molecule has 0 radical (unpaired) electrons. The van der Waals surface area contributed by atoms with Crippen LogP contribution >= 0.6 is 0 Å². The van der Waals surface area contributed by atoms with E-state index in [-0.39, 0.29) is 0 Å². The van der Waals surface area contributed by atoms with Crippen LogP contribution in [0.3, 0.4) is 0 Å². The fraction of sp³-hybridized carbons (Fsp3) is 0.800. The fourth-order valence-electron chi connectivity index (χ4n) is 5.43. The van der Waals surface area contributed by atoms with Crippen LogP contribution in [0.5, 0.6) is 0 Å². The molecule has 0 aliphatic rings. The number of aliphatic hydroxyl groups excluding tert-OH is 1. The van der Waals surface area contributed by atoms with Crippen LogP contribution < -0.4 is 0 Å². The van der Waals surface area contributed by atoms with Gasteiger partial charge in [-0.2, -0.15) is 0 Å². The Bertz CT molecular complexity index is 557. The normalized spacial score (nSPS) is 12.5. The first kappa shape index (κ1) is 40.9. The molecule has 0 unspecified atom stereocenters. The molecule has 0 aliphatic heterocycles. The molecule has 0 aromatic carbocycles. The van der Waals surface area contributed by atoms with Gasteiger partial charge in [-0.3, -0.25) is 0 Å². The molecule has 246 valence electrons. The number of rotatable bonds is 34. The Morgan fingerprint density at radius 3 is 1.02 bits per heavy atom. The van der Waals surface area contributed by atoms with Gasteiger partial charge in [0.15, 0.2) is 0 Å². The van der Waals surface area contributed by atoms with Crippen molar-refractivity contribution in [1.82, 2.24) is 4.90 Å². The summed E-state index contributed by atoms with van der Waals surface area (Å²) in [5.41, 5.74) is 0. The van der Waals surface area contributed by atoms with E-state index in [2.05, 4.69) is 67.4 Å². The molecular weight excluding hydrogens is 510 g/mol. The predicted octanol–water partition coefficient (Wildman–Crippen LogP) is 12.7. The van der Waals surface area contributed by atoms with E-state index in [1.165, 1.54) is 161 Å². The highest BCUT2D eigenvalue weighted by Crippen LogP contribution is 2.12. The van der Waals surface area contributed by atoms with E-state index in [1.54, 1.807) is 0 Å². The average Bonchev–Trinajstić information content (AvgIpc) is 3.00. The zero-order valence-electron chi connectivity index (χ0n) is 28.7. The highest BCUT2D eigenvalue weighted by Gasteiger charge is 2.05. The molecule has 0 fully saturated rings. The highest BCUT2D eigenvalue weighted by molar-refractivity contribution is 4.93. The maximum absolute atomic E-state index is 9.20. The third kappa shape index (κ3) is 35.1. The molecule has 0 saturated carbocycles. The van der Waals surface area contributed by atoms with Gasteiger partial charge in [0.2, 0.25) is 0 Å². The minimum absolute atomic E-state index is 0.337. The standard InChI is InChI=1S/C40H75NO/c1-3-5-7-9-11-13-15-17-19-21-23-25-27-29-31-33-37-41(39-35-36-40-42)38-34-32-30-28-26-24-22-20-18-16-14-12-10-8-6-4-2/h11-14,17-20,42H,3-10,15-16,21-40H2,1-2H3/b13-11-,14-12-,19-17-,20-18-. The molecule has 0 aromatic rings. The first-order chi connectivity index (χ1) is 20.8. The van der Waals surface area contributed by atoms with Gasteiger partial charge in [-0.05, 0) is 110 Å². The number of nitrogens with zero attached hydrogens (tertiary/aromatic N) is 1. The Kier molecular flexibility index (Phi) is 36.9. The Morgan fingerprint density at radius 2 is 0.667 bits per heavy atom. The topological polar surface area (TPSA) is 23.5 Å². The van der Waals surface area contributed by atoms with E-state index in [9.17, 15) is 5.11 Å². The molecule has 42 heavy (non-hydrogen) atoms. The summed E-state index contributed by atoms with van der Waals surface area (Å²) in [6, 6.07) is 0. The molecule has 0 amide bonds. The number of hydrogen-bond acceptors (Lipinski definition) is 2. The summed E-state index contributed by atoms with van der Waals surface area (Å²) < 4.78 is 0. The molecule has 0 spiro atoms. The van der Waals surface area contributed by atoms with Crippen LogP contribution in [-0.2, 0) is 0 Å². The van der Waals surface area contributed by atoms with Gasteiger partial charge >= 0.3 is 0 Å². The van der Waals surface area contributed by atoms with Crippen LogP contribution in [0.25, 0.3) is 0 Å². The van der Waals surface area contributed by atoms with E-state index in [1.807, 2.05) is 0 Å². The van der Waals surface area contributed by atoms with E-state index < -0.39 is 0 Å². The Labute approximate surface area is 265 Å². The van der Waals surface area contributed by atoms with Crippen molar-refractivity contribution in [3.8, 4) is 0 Å². The summed E-state index contributed by atoms with van der Waals surface area (Å²) >= 11 is 0. The van der Waals surface area contributed by atoms with E-state index >= 15 is 0 Å². The fourth-order valence-corrected chi connectivity index (χ4v) is 5.43. The van der Waals surface area contributed by atoms with Gasteiger partial charge in [0.05, 0.1) is 0 Å². The van der Waals surface area contributed by atoms with Crippen LogP contribution in [0, 0.1) is 0 Å². The summed E-state index contributed by atoms with van der Waals surface area (Å²) in [4.78, 5) is 2.68. The Morgan fingerprint density at radius 1 is 0.357 bits per heavy atom. The lowest BCUT2D eigenvalue weighted by Crippen LogP contribution is -2.27. The van der Waals surface area contributed by atoms with Crippen molar-refractivity contribution in [2.75, 3.05) is 26.2 Å². The molecule has 0 aromatic heterocycles. The maximum atomic E-state index is 9.20. The van der Waals surface area contributed by atoms with Crippen molar-refractivity contribution in [3.05, 3.63) is 48.6 Å². The van der Waals surface area contributed by atoms with Crippen LogP contribution in [0.1, 0.15) is 181 Å². The van der Waals surface area contributed by atoms with Crippen molar-refractivity contribution in [3.63, 3.8) is 0 Å². The van der Waals surface area contributed by atoms with Crippen molar-refractivity contribution >= 4 is 0 Å². The molecule has 2 heteroatoms. The third-order valence-corrected chi connectivity index (χ3v) is 8.23.